The van der Waals surface area contributed by atoms with E-state index in [0.717, 1.165) is 5.69 Å². The zero-order chi connectivity index (χ0) is 16.9. The molecule has 0 fully saturated rings. The Bertz CT molecular complexity index is 844. The van der Waals surface area contributed by atoms with Gasteiger partial charge in [0.25, 0.3) is 5.91 Å². The zero-order valence-electron chi connectivity index (χ0n) is 13.4. The number of thiazole rings is 1. The summed E-state index contributed by atoms with van der Waals surface area (Å²) in [6.45, 7) is 4.58. The van der Waals surface area contributed by atoms with Crippen LogP contribution < -0.4 is 10.6 Å². The van der Waals surface area contributed by atoms with E-state index in [2.05, 4.69) is 44.6 Å². The second-order valence-electron chi connectivity index (χ2n) is 5.32. The van der Waals surface area contributed by atoms with Gasteiger partial charge in [-0.1, -0.05) is 24.3 Å². The number of amides is 1. The molecule has 0 unspecified atom stereocenters. The highest BCUT2D eigenvalue weighted by Crippen LogP contribution is 2.15. The molecule has 2 heterocycles. The molecule has 7 heteroatoms. The molecular formula is C17H17N5OS. The van der Waals surface area contributed by atoms with Crippen LogP contribution in [0, 0.1) is 13.8 Å². The van der Waals surface area contributed by atoms with Crippen LogP contribution in [-0.2, 0) is 6.54 Å². The molecule has 0 aliphatic carbocycles. The molecule has 6 nitrogen and oxygen atoms in total. The number of benzene rings is 1. The molecule has 0 bridgehead atoms. The van der Waals surface area contributed by atoms with Crippen molar-refractivity contribution in [3.63, 3.8) is 0 Å². The summed E-state index contributed by atoms with van der Waals surface area (Å²) < 4.78 is 0. The van der Waals surface area contributed by atoms with Crippen LogP contribution in [0.2, 0.25) is 0 Å². The highest BCUT2D eigenvalue weighted by Gasteiger charge is 2.09. The Morgan fingerprint density at radius 2 is 1.92 bits per heavy atom. The first-order chi connectivity index (χ1) is 11.6. The fraction of sp³-hybridized carbons (Fsp3) is 0.176. The Labute approximate surface area is 144 Å². The molecule has 24 heavy (non-hydrogen) atoms. The number of nitrogens with one attached hydrogen (secondary N) is 2. The van der Waals surface area contributed by atoms with Crippen LogP contribution in [-0.4, -0.2) is 20.9 Å². The van der Waals surface area contributed by atoms with Gasteiger partial charge in [0.1, 0.15) is 0 Å². The largest absolute Gasteiger partial charge is 0.350 e. The van der Waals surface area contributed by atoms with Crippen LogP contribution in [0.15, 0.2) is 42.0 Å². The number of carbonyl (C=O) groups excluding carboxylic acids is 1. The monoisotopic (exact) mass is 339 g/mol. The van der Waals surface area contributed by atoms with Crippen molar-refractivity contribution in [1.29, 1.82) is 0 Å². The number of hydrogen-bond acceptors (Lipinski definition) is 6. The van der Waals surface area contributed by atoms with Gasteiger partial charge in [-0.3, -0.25) is 10.1 Å². The van der Waals surface area contributed by atoms with Crippen molar-refractivity contribution in [3.8, 4) is 0 Å². The molecule has 0 atom stereocenters. The molecular weight excluding hydrogens is 322 g/mol. The van der Waals surface area contributed by atoms with Crippen molar-refractivity contribution in [3.05, 3.63) is 64.4 Å². The molecule has 2 aromatic heterocycles. The quantitative estimate of drug-likeness (QED) is 0.744. The number of hydrogen-bond donors (Lipinski definition) is 2. The van der Waals surface area contributed by atoms with Gasteiger partial charge in [-0.05, 0) is 25.0 Å². The van der Waals surface area contributed by atoms with Crippen molar-refractivity contribution < 1.29 is 4.79 Å². The summed E-state index contributed by atoms with van der Waals surface area (Å²) in [7, 11) is 0. The van der Waals surface area contributed by atoms with E-state index in [0.29, 0.717) is 23.2 Å². The SMILES string of the molecule is Cc1csc(NC(=O)c2cnc(NCc3ccccc3C)nc2)n1. The highest BCUT2D eigenvalue weighted by atomic mass is 32.1. The Morgan fingerprint density at radius 1 is 1.17 bits per heavy atom. The van der Waals surface area contributed by atoms with E-state index in [-0.39, 0.29) is 5.91 Å². The Balaban J connectivity index is 1.60. The highest BCUT2D eigenvalue weighted by molar-refractivity contribution is 7.13. The van der Waals surface area contributed by atoms with Gasteiger partial charge in [0.2, 0.25) is 5.95 Å². The first kappa shape index (κ1) is 16.1. The molecule has 0 aliphatic rings. The lowest BCUT2D eigenvalue weighted by atomic mass is 10.1. The predicted octanol–water partition coefficient (Wildman–Crippen LogP) is 3.41. The molecule has 122 valence electrons. The minimum Gasteiger partial charge on any atom is -0.350 e. The van der Waals surface area contributed by atoms with Crippen molar-refractivity contribution in [2.45, 2.75) is 20.4 Å². The summed E-state index contributed by atoms with van der Waals surface area (Å²) in [5, 5.41) is 8.34. The Hall–Kier alpha value is -2.80. The lowest BCUT2D eigenvalue weighted by molar-refractivity contribution is 0.102. The average molecular weight is 339 g/mol. The molecule has 0 saturated heterocycles. The fourth-order valence-electron chi connectivity index (χ4n) is 2.10. The van der Waals surface area contributed by atoms with Crippen LogP contribution >= 0.6 is 11.3 Å². The number of anilines is 2. The van der Waals surface area contributed by atoms with Crippen LogP contribution in [0.25, 0.3) is 0 Å². The molecule has 0 spiro atoms. The van der Waals surface area contributed by atoms with Gasteiger partial charge in [-0.15, -0.1) is 11.3 Å². The minimum absolute atomic E-state index is 0.269. The molecule has 0 radical (unpaired) electrons. The summed E-state index contributed by atoms with van der Waals surface area (Å²) in [4.78, 5) is 24.7. The molecule has 3 aromatic rings. The van der Waals surface area contributed by atoms with Crippen LogP contribution in [0.4, 0.5) is 11.1 Å². The normalized spacial score (nSPS) is 10.4. The Kier molecular flexibility index (Phi) is 4.81. The molecule has 0 aliphatic heterocycles. The summed E-state index contributed by atoms with van der Waals surface area (Å²) >= 11 is 1.39. The van der Waals surface area contributed by atoms with Crippen molar-refractivity contribution in [1.82, 2.24) is 15.0 Å². The van der Waals surface area contributed by atoms with Gasteiger partial charge in [0.15, 0.2) is 5.13 Å². The summed E-state index contributed by atoms with van der Waals surface area (Å²) in [5.74, 6) is 0.217. The zero-order valence-corrected chi connectivity index (χ0v) is 14.2. The first-order valence-corrected chi connectivity index (χ1v) is 8.33. The second kappa shape index (κ2) is 7.18. The number of rotatable bonds is 5. The average Bonchev–Trinajstić information content (AvgIpc) is 2.99. The van der Waals surface area contributed by atoms with E-state index in [1.165, 1.54) is 34.9 Å². The van der Waals surface area contributed by atoms with Gasteiger partial charge in [-0.2, -0.15) is 0 Å². The van der Waals surface area contributed by atoms with Crippen LogP contribution in [0.5, 0.6) is 0 Å². The smallest absolute Gasteiger partial charge is 0.260 e. The Morgan fingerprint density at radius 3 is 2.58 bits per heavy atom. The van der Waals surface area contributed by atoms with Gasteiger partial charge < -0.3 is 5.32 Å². The van der Waals surface area contributed by atoms with Crippen molar-refractivity contribution >= 4 is 28.3 Å². The predicted molar refractivity (Wildman–Crippen MR) is 95.3 cm³/mol. The lowest BCUT2D eigenvalue weighted by Gasteiger charge is -2.08. The fourth-order valence-corrected chi connectivity index (χ4v) is 2.78. The van der Waals surface area contributed by atoms with E-state index in [9.17, 15) is 4.79 Å². The lowest BCUT2D eigenvalue weighted by Crippen LogP contribution is -2.13. The maximum Gasteiger partial charge on any atom is 0.260 e. The van der Waals surface area contributed by atoms with Gasteiger partial charge in [0.05, 0.1) is 11.3 Å². The third-order valence-corrected chi connectivity index (χ3v) is 4.33. The topological polar surface area (TPSA) is 79.8 Å². The van der Waals surface area contributed by atoms with E-state index < -0.39 is 0 Å². The molecule has 2 N–H and O–H groups in total. The molecule has 1 amide bonds. The minimum atomic E-state index is -0.269. The van der Waals surface area contributed by atoms with E-state index >= 15 is 0 Å². The number of aryl methyl sites for hydroxylation is 2. The standard InChI is InChI=1S/C17H17N5OS/c1-11-5-3-4-6-13(11)7-18-16-19-8-14(9-20-16)15(23)22-17-21-12(2)10-24-17/h3-6,8-10H,7H2,1-2H3,(H,18,19,20)(H,21,22,23). The van der Waals surface area contributed by atoms with Gasteiger partial charge in [0, 0.05) is 24.3 Å². The van der Waals surface area contributed by atoms with Gasteiger partial charge >= 0.3 is 0 Å². The number of carbonyl (C=O) groups is 1. The third-order valence-electron chi connectivity index (χ3n) is 3.45. The molecule has 1 aromatic carbocycles. The number of nitrogens with zero attached hydrogens (tertiary/aromatic N) is 3. The third kappa shape index (κ3) is 3.94. The van der Waals surface area contributed by atoms with Crippen molar-refractivity contribution in [2.24, 2.45) is 0 Å². The first-order valence-electron chi connectivity index (χ1n) is 7.46. The van der Waals surface area contributed by atoms with E-state index in [1.807, 2.05) is 24.4 Å². The number of aromatic nitrogens is 3. The van der Waals surface area contributed by atoms with E-state index in [1.54, 1.807) is 0 Å². The summed E-state index contributed by atoms with van der Waals surface area (Å²) in [6.07, 6.45) is 3.01. The maximum atomic E-state index is 12.1. The summed E-state index contributed by atoms with van der Waals surface area (Å²) in [5.41, 5.74) is 3.66. The molecule has 3 rings (SSSR count). The van der Waals surface area contributed by atoms with Crippen LogP contribution in [0.1, 0.15) is 27.2 Å². The summed E-state index contributed by atoms with van der Waals surface area (Å²) in [6, 6.07) is 8.12. The van der Waals surface area contributed by atoms with Gasteiger partial charge in [-0.25, -0.2) is 15.0 Å². The van der Waals surface area contributed by atoms with E-state index in [4.69, 9.17) is 0 Å². The maximum absolute atomic E-state index is 12.1. The van der Waals surface area contributed by atoms with Crippen LogP contribution in [0.3, 0.4) is 0 Å². The second-order valence-corrected chi connectivity index (χ2v) is 6.18. The molecule has 0 saturated carbocycles. The van der Waals surface area contributed by atoms with Crippen molar-refractivity contribution in [2.75, 3.05) is 10.6 Å².